The number of thioether (sulfide) groups is 1. The van der Waals surface area contributed by atoms with Crippen LogP contribution < -0.4 is 4.90 Å². The Labute approximate surface area is 141 Å². The Morgan fingerprint density at radius 3 is 2.83 bits per heavy atom. The van der Waals surface area contributed by atoms with Crippen LogP contribution in [0.1, 0.15) is 12.2 Å². The number of morpholine rings is 1. The summed E-state index contributed by atoms with van der Waals surface area (Å²) in [6, 6.07) is 0. The van der Waals surface area contributed by atoms with Crippen molar-refractivity contribution in [1.29, 1.82) is 0 Å². The third-order valence-electron chi connectivity index (χ3n) is 4.61. The molecular formula is C14H25N4O3S2+. The van der Waals surface area contributed by atoms with Crippen molar-refractivity contribution >= 4 is 21.6 Å². The van der Waals surface area contributed by atoms with Crippen LogP contribution in [0.3, 0.4) is 0 Å². The van der Waals surface area contributed by atoms with E-state index in [4.69, 9.17) is 4.74 Å². The van der Waals surface area contributed by atoms with Gasteiger partial charge in [-0.25, -0.2) is 8.42 Å². The Bertz CT molecular complexity index is 626. The number of ether oxygens (including phenoxy) is 1. The van der Waals surface area contributed by atoms with Crippen molar-refractivity contribution in [2.24, 2.45) is 13.0 Å². The van der Waals surface area contributed by atoms with Gasteiger partial charge in [0.1, 0.15) is 18.9 Å². The zero-order valence-corrected chi connectivity index (χ0v) is 15.2. The summed E-state index contributed by atoms with van der Waals surface area (Å²) in [4.78, 5) is 1.59. The molecule has 0 unspecified atom stereocenters. The molecule has 0 radical (unpaired) electrons. The molecule has 0 saturated carbocycles. The van der Waals surface area contributed by atoms with Crippen LogP contribution >= 0.6 is 11.8 Å². The molecule has 2 saturated heterocycles. The highest BCUT2D eigenvalue weighted by Crippen LogP contribution is 2.23. The Hall–Kier alpha value is -0.640. The van der Waals surface area contributed by atoms with Crippen LogP contribution in [-0.4, -0.2) is 73.3 Å². The lowest BCUT2D eigenvalue weighted by Crippen LogP contribution is -3.14. The van der Waals surface area contributed by atoms with Crippen molar-refractivity contribution in [1.82, 2.24) is 14.8 Å². The quantitative estimate of drug-likeness (QED) is 0.642. The lowest BCUT2D eigenvalue weighted by Gasteiger charge is -2.23. The highest BCUT2D eigenvalue weighted by atomic mass is 32.2. The first kappa shape index (κ1) is 17.2. The van der Waals surface area contributed by atoms with Gasteiger partial charge in [0.2, 0.25) is 0 Å². The number of sulfone groups is 1. The minimum Gasteiger partial charge on any atom is -0.370 e. The number of aromatic nitrogens is 3. The van der Waals surface area contributed by atoms with Crippen molar-refractivity contribution in [3.05, 3.63) is 5.82 Å². The predicted octanol–water partition coefficient (Wildman–Crippen LogP) is -1.20. The Balaban J connectivity index is 1.48. The molecule has 0 bridgehead atoms. The normalized spacial score (nSPS) is 25.0. The molecule has 3 rings (SSSR count). The van der Waals surface area contributed by atoms with Crippen molar-refractivity contribution in [2.75, 3.05) is 50.1 Å². The Kier molecular flexibility index (Phi) is 5.61. The third-order valence-corrected chi connectivity index (χ3v) is 7.47. The van der Waals surface area contributed by atoms with Crippen molar-refractivity contribution in [3.63, 3.8) is 0 Å². The predicted molar refractivity (Wildman–Crippen MR) is 88.6 cm³/mol. The summed E-state index contributed by atoms with van der Waals surface area (Å²) in [6.07, 6.45) is 1.45. The van der Waals surface area contributed by atoms with Crippen molar-refractivity contribution in [2.45, 2.75) is 18.0 Å². The van der Waals surface area contributed by atoms with Gasteiger partial charge in [-0.3, -0.25) is 0 Å². The van der Waals surface area contributed by atoms with Crippen LogP contribution in [0.4, 0.5) is 0 Å². The van der Waals surface area contributed by atoms with Gasteiger partial charge in [-0.2, -0.15) is 0 Å². The van der Waals surface area contributed by atoms with Gasteiger partial charge in [-0.1, -0.05) is 11.8 Å². The average Bonchev–Trinajstić information content (AvgIpc) is 3.05. The summed E-state index contributed by atoms with van der Waals surface area (Å²) in [6.45, 7) is 5.00. The van der Waals surface area contributed by atoms with Gasteiger partial charge in [0.25, 0.3) is 0 Å². The molecule has 0 aliphatic carbocycles. The monoisotopic (exact) mass is 361 g/mol. The first-order valence-corrected chi connectivity index (χ1v) is 11.0. The topological polar surface area (TPSA) is 78.5 Å². The van der Waals surface area contributed by atoms with E-state index in [0.717, 1.165) is 56.0 Å². The molecule has 1 N–H and O–H groups in total. The minimum atomic E-state index is -2.82. The molecule has 0 amide bonds. The molecule has 23 heavy (non-hydrogen) atoms. The zero-order valence-electron chi connectivity index (χ0n) is 13.5. The zero-order chi connectivity index (χ0) is 16.3. The van der Waals surface area contributed by atoms with E-state index in [1.54, 1.807) is 16.7 Å². The number of quaternary nitrogens is 1. The highest BCUT2D eigenvalue weighted by molar-refractivity contribution is 7.99. The van der Waals surface area contributed by atoms with Crippen LogP contribution in [0.2, 0.25) is 0 Å². The Morgan fingerprint density at radius 2 is 2.13 bits per heavy atom. The van der Waals surface area contributed by atoms with E-state index in [0.29, 0.717) is 17.9 Å². The second kappa shape index (κ2) is 7.50. The fourth-order valence-electron chi connectivity index (χ4n) is 3.14. The lowest BCUT2D eigenvalue weighted by molar-refractivity contribution is -0.905. The molecule has 2 fully saturated rings. The maximum Gasteiger partial charge on any atom is 0.191 e. The molecule has 0 spiro atoms. The largest absolute Gasteiger partial charge is 0.370 e. The lowest BCUT2D eigenvalue weighted by atomic mass is 10.1. The Morgan fingerprint density at radius 1 is 1.35 bits per heavy atom. The second-order valence-corrected chi connectivity index (χ2v) is 9.68. The molecule has 2 aliphatic heterocycles. The number of rotatable bonds is 6. The standard InChI is InChI=1S/C14H24N4O3S2/c1-17-13(10-12-2-9-23(19,20)11-12)15-16-14(17)22-8-5-18-3-6-21-7-4-18/h12H,2-11H2,1H3/p+1/t12-/m0/s1. The summed E-state index contributed by atoms with van der Waals surface area (Å²) in [5, 5.41) is 9.46. The van der Waals surface area contributed by atoms with Crippen LogP contribution in [0, 0.1) is 5.92 Å². The molecule has 1 atom stereocenters. The molecule has 3 heterocycles. The van der Waals surface area contributed by atoms with Gasteiger partial charge in [0.05, 0.1) is 37.0 Å². The number of nitrogens with zero attached hydrogens (tertiary/aromatic N) is 3. The maximum atomic E-state index is 11.6. The van der Waals surface area contributed by atoms with Crippen molar-refractivity contribution in [3.8, 4) is 0 Å². The van der Waals surface area contributed by atoms with Gasteiger partial charge in [0.15, 0.2) is 15.0 Å². The van der Waals surface area contributed by atoms with Crippen LogP contribution in [-0.2, 0) is 28.0 Å². The van der Waals surface area contributed by atoms with Gasteiger partial charge < -0.3 is 14.2 Å². The van der Waals surface area contributed by atoms with Crippen LogP contribution in [0.25, 0.3) is 0 Å². The number of hydrogen-bond acceptors (Lipinski definition) is 6. The maximum absolute atomic E-state index is 11.6. The van der Waals surface area contributed by atoms with E-state index in [9.17, 15) is 8.42 Å². The van der Waals surface area contributed by atoms with E-state index in [1.807, 2.05) is 11.6 Å². The fourth-order valence-corrected chi connectivity index (χ4v) is 5.97. The fraction of sp³-hybridized carbons (Fsp3) is 0.857. The van der Waals surface area contributed by atoms with Crippen LogP contribution in [0.5, 0.6) is 0 Å². The van der Waals surface area contributed by atoms with E-state index in [1.165, 1.54) is 0 Å². The molecule has 7 nitrogen and oxygen atoms in total. The van der Waals surface area contributed by atoms with Gasteiger partial charge in [-0.05, 0) is 12.3 Å². The van der Waals surface area contributed by atoms with E-state index in [2.05, 4.69) is 10.2 Å². The van der Waals surface area contributed by atoms with E-state index >= 15 is 0 Å². The molecule has 1 aromatic heterocycles. The number of hydrogen-bond donors (Lipinski definition) is 1. The first-order valence-electron chi connectivity index (χ1n) is 8.16. The molecule has 1 aromatic rings. The third kappa shape index (κ3) is 4.68. The first-order chi connectivity index (χ1) is 11.0. The molecule has 9 heteroatoms. The second-order valence-electron chi connectivity index (χ2n) is 6.39. The molecule has 130 valence electrons. The summed E-state index contributed by atoms with van der Waals surface area (Å²) in [7, 11) is -0.849. The summed E-state index contributed by atoms with van der Waals surface area (Å²) < 4.78 is 30.5. The SMILES string of the molecule is Cn1c(C[C@@H]2CCS(=O)(=O)C2)nnc1SCC[NH+]1CCOCC1. The van der Waals surface area contributed by atoms with E-state index < -0.39 is 9.84 Å². The molecule has 0 aromatic carbocycles. The highest BCUT2D eigenvalue weighted by Gasteiger charge is 2.29. The van der Waals surface area contributed by atoms with Gasteiger partial charge in [0, 0.05) is 13.5 Å². The van der Waals surface area contributed by atoms with Gasteiger partial charge in [-0.15, -0.1) is 10.2 Å². The van der Waals surface area contributed by atoms with Gasteiger partial charge >= 0.3 is 0 Å². The summed E-state index contributed by atoms with van der Waals surface area (Å²) in [5.74, 6) is 2.72. The minimum absolute atomic E-state index is 0.193. The summed E-state index contributed by atoms with van der Waals surface area (Å²) in [5.41, 5.74) is 0. The molecular weight excluding hydrogens is 336 g/mol. The number of nitrogens with one attached hydrogen (secondary N) is 1. The average molecular weight is 362 g/mol. The molecule has 2 aliphatic rings. The van der Waals surface area contributed by atoms with E-state index in [-0.39, 0.29) is 5.92 Å². The summed E-state index contributed by atoms with van der Waals surface area (Å²) >= 11 is 1.73. The smallest absolute Gasteiger partial charge is 0.191 e. The van der Waals surface area contributed by atoms with Crippen LogP contribution in [0.15, 0.2) is 5.16 Å². The van der Waals surface area contributed by atoms with Crippen molar-refractivity contribution < 1.29 is 18.1 Å².